The number of thiophene rings is 1. The molecule has 0 radical (unpaired) electrons. The number of nitrogens with zero attached hydrogens (tertiary/aromatic N) is 4. The van der Waals surface area contributed by atoms with Crippen LogP contribution in [0.25, 0.3) is 15.9 Å². The van der Waals surface area contributed by atoms with Gasteiger partial charge in [0.2, 0.25) is 0 Å². The molecule has 0 aliphatic carbocycles. The first-order chi connectivity index (χ1) is 20.2. The Labute approximate surface area is 259 Å². The molecule has 216 valence electrons. The maximum absolute atomic E-state index is 13.6. The molecule has 1 N–H and O–H groups in total. The summed E-state index contributed by atoms with van der Waals surface area (Å²) in [5.74, 6) is -0.0583. The van der Waals surface area contributed by atoms with Gasteiger partial charge in [0.25, 0.3) is 5.91 Å². The molecule has 0 unspecified atom stereocenters. The first-order valence-corrected chi connectivity index (χ1v) is 15.3. The summed E-state index contributed by atoms with van der Waals surface area (Å²) in [5, 5.41) is 13.3. The minimum absolute atomic E-state index is 0.0200. The average molecular weight is 669 g/mol. The Balaban J connectivity index is 1.49. The molecule has 0 saturated heterocycles. The molecule has 0 bridgehead atoms. The van der Waals surface area contributed by atoms with Crippen molar-refractivity contribution < 1.29 is 19.1 Å². The Kier molecular flexibility index (Phi) is 8.91. The Hall–Kier alpha value is -3.80. The molecule has 9 nitrogen and oxygen atoms in total. The van der Waals surface area contributed by atoms with Crippen molar-refractivity contribution in [1.82, 2.24) is 24.6 Å². The van der Waals surface area contributed by atoms with Crippen LogP contribution >= 0.6 is 38.9 Å². The zero-order valence-corrected chi connectivity index (χ0v) is 26.3. The number of benzene rings is 2. The highest BCUT2D eigenvalue weighted by molar-refractivity contribution is 9.10. The summed E-state index contributed by atoms with van der Waals surface area (Å²) in [4.78, 5) is 40.7. The van der Waals surface area contributed by atoms with Crippen LogP contribution in [0.5, 0.6) is 0 Å². The third-order valence-corrected chi connectivity index (χ3v) is 9.09. The van der Waals surface area contributed by atoms with Gasteiger partial charge in [-0.05, 0) is 60.5 Å². The van der Waals surface area contributed by atoms with Crippen molar-refractivity contribution in [2.45, 2.75) is 40.3 Å². The molecular weight excluding hydrogens is 642 g/mol. The fraction of sp³-hybridized carbons (Fsp3) is 0.233. The van der Waals surface area contributed by atoms with E-state index >= 15 is 0 Å². The third kappa shape index (κ3) is 5.64. The van der Waals surface area contributed by atoms with Gasteiger partial charge in [-0.15, -0.1) is 21.5 Å². The van der Waals surface area contributed by atoms with Gasteiger partial charge in [-0.3, -0.25) is 19.0 Å². The smallest absolute Gasteiger partial charge is 0.325 e. The highest BCUT2D eigenvalue weighted by atomic mass is 79.9. The molecule has 3 aromatic heterocycles. The maximum Gasteiger partial charge on any atom is 0.325 e. The molecule has 2 aromatic carbocycles. The van der Waals surface area contributed by atoms with Gasteiger partial charge in [-0.2, -0.15) is 0 Å². The lowest BCUT2D eigenvalue weighted by molar-refractivity contribution is -0.143. The van der Waals surface area contributed by atoms with Crippen molar-refractivity contribution >= 4 is 67.4 Å². The Morgan fingerprint density at radius 3 is 2.52 bits per heavy atom. The number of ether oxygens (including phenoxy) is 1. The zero-order chi connectivity index (χ0) is 30.0. The molecule has 0 aliphatic heterocycles. The van der Waals surface area contributed by atoms with Crippen LogP contribution in [0, 0.1) is 6.92 Å². The van der Waals surface area contributed by atoms with Crippen molar-refractivity contribution in [3.05, 3.63) is 97.4 Å². The van der Waals surface area contributed by atoms with Crippen LogP contribution in [-0.2, 0) is 29.0 Å². The van der Waals surface area contributed by atoms with E-state index in [0.717, 1.165) is 22.2 Å². The van der Waals surface area contributed by atoms with Crippen molar-refractivity contribution in [3.63, 3.8) is 0 Å². The van der Waals surface area contributed by atoms with Gasteiger partial charge in [0.15, 0.2) is 11.6 Å². The van der Waals surface area contributed by atoms with E-state index in [1.165, 1.54) is 11.3 Å². The van der Waals surface area contributed by atoms with Crippen LogP contribution in [0.1, 0.15) is 56.8 Å². The zero-order valence-electron chi connectivity index (χ0n) is 23.1. The summed E-state index contributed by atoms with van der Waals surface area (Å²) in [5.41, 5.74) is 1.89. The van der Waals surface area contributed by atoms with Crippen molar-refractivity contribution in [2.24, 2.45) is 0 Å². The fourth-order valence-corrected chi connectivity index (χ4v) is 6.85. The summed E-state index contributed by atoms with van der Waals surface area (Å²) < 4.78 is 9.14. The number of hydrogen-bond acceptors (Lipinski definition) is 7. The summed E-state index contributed by atoms with van der Waals surface area (Å²) >= 11 is 11.4. The predicted octanol–water partition coefficient (Wildman–Crippen LogP) is 6.29. The monoisotopic (exact) mass is 667 g/mol. The average Bonchev–Trinajstić information content (AvgIpc) is 3.65. The molecule has 0 atom stereocenters. The molecule has 12 heteroatoms. The van der Waals surface area contributed by atoms with Crippen LogP contribution in [0.15, 0.2) is 59.1 Å². The number of carbonyl (C=O) groups excluding carboxylic acids is 3. The molecule has 5 rings (SSSR count). The fourth-order valence-electron chi connectivity index (χ4n) is 4.74. The van der Waals surface area contributed by atoms with Crippen LogP contribution in [0.4, 0.5) is 0 Å². The van der Waals surface area contributed by atoms with Gasteiger partial charge in [-0.25, -0.2) is 0 Å². The van der Waals surface area contributed by atoms with Crippen molar-refractivity contribution in [2.75, 3.05) is 6.61 Å². The second-order valence-electron chi connectivity index (χ2n) is 9.35. The number of para-hydroxylation sites is 1. The SMILES string of the molecule is CCOC(=O)Cn1c(C(=O)NCc2nnc(C)n2-c2sc(CC)cc2C(=O)c2ccccc2Cl)c(Br)c2ccccc21. The van der Waals surface area contributed by atoms with Crippen molar-refractivity contribution in [3.8, 4) is 5.00 Å². The van der Waals surface area contributed by atoms with Crippen LogP contribution in [0.2, 0.25) is 5.02 Å². The topological polar surface area (TPSA) is 108 Å². The summed E-state index contributed by atoms with van der Waals surface area (Å²) in [6.45, 7) is 5.68. The van der Waals surface area contributed by atoms with E-state index in [1.54, 1.807) is 47.2 Å². The minimum atomic E-state index is -0.449. The second kappa shape index (κ2) is 12.6. The van der Waals surface area contributed by atoms with E-state index in [0.29, 0.717) is 37.3 Å². The first kappa shape index (κ1) is 29.7. The normalized spacial score (nSPS) is 11.2. The molecule has 42 heavy (non-hydrogen) atoms. The van der Waals surface area contributed by atoms with Gasteiger partial charge >= 0.3 is 5.97 Å². The number of aromatic nitrogens is 4. The van der Waals surface area contributed by atoms with Gasteiger partial charge in [0.05, 0.1) is 33.7 Å². The summed E-state index contributed by atoms with van der Waals surface area (Å²) in [7, 11) is 0. The van der Waals surface area contributed by atoms with E-state index in [1.807, 2.05) is 37.3 Å². The van der Waals surface area contributed by atoms with Gasteiger partial charge in [0, 0.05) is 15.8 Å². The number of fused-ring (bicyclic) bond motifs is 1. The van der Waals surface area contributed by atoms with Gasteiger partial charge < -0.3 is 14.6 Å². The standard InChI is InChI=1S/C30H27BrClN5O4S/c1-4-18-14-21(28(39)19-10-6-8-12-22(19)32)30(42-18)37-17(3)34-35-24(37)15-33-29(40)27-26(31)20-11-7-9-13-23(20)36(27)16-25(38)41-5-2/h6-14H,4-5,15-16H2,1-3H3,(H,33,40). The highest BCUT2D eigenvalue weighted by Crippen LogP contribution is 2.33. The molecule has 3 heterocycles. The summed E-state index contributed by atoms with van der Waals surface area (Å²) in [6, 6.07) is 16.2. The van der Waals surface area contributed by atoms with E-state index in [4.69, 9.17) is 16.3 Å². The first-order valence-electron chi connectivity index (χ1n) is 13.3. The molecule has 0 aliphatic rings. The molecule has 5 aromatic rings. The highest BCUT2D eigenvalue weighted by Gasteiger charge is 2.26. The second-order valence-corrected chi connectivity index (χ2v) is 11.7. The quantitative estimate of drug-likeness (QED) is 0.138. The third-order valence-electron chi connectivity index (χ3n) is 6.69. The number of aryl methyl sites for hydroxylation is 2. The van der Waals surface area contributed by atoms with Crippen LogP contribution < -0.4 is 5.32 Å². The van der Waals surface area contributed by atoms with Crippen molar-refractivity contribution in [1.29, 1.82) is 0 Å². The molecular formula is C30H27BrClN5O4S. The lowest BCUT2D eigenvalue weighted by Crippen LogP contribution is -2.28. The largest absolute Gasteiger partial charge is 0.465 e. The predicted molar refractivity (Wildman–Crippen MR) is 166 cm³/mol. The van der Waals surface area contributed by atoms with Gasteiger partial charge in [0.1, 0.15) is 23.1 Å². The molecule has 0 saturated carbocycles. The number of carbonyl (C=O) groups is 3. The molecule has 0 fully saturated rings. The number of rotatable bonds is 10. The Morgan fingerprint density at radius 1 is 1.05 bits per heavy atom. The molecule has 0 spiro atoms. The van der Waals surface area contributed by atoms with Gasteiger partial charge in [-0.1, -0.05) is 48.9 Å². The Morgan fingerprint density at radius 2 is 1.79 bits per heavy atom. The van der Waals surface area contributed by atoms with Crippen LogP contribution in [-0.4, -0.2) is 43.6 Å². The number of nitrogens with one attached hydrogen (secondary N) is 1. The van der Waals surface area contributed by atoms with E-state index < -0.39 is 11.9 Å². The lowest BCUT2D eigenvalue weighted by atomic mass is 10.0. The summed E-state index contributed by atoms with van der Waals surface area (Å²) in [6.07, 6.45) is 0.736. The number of hydrogen-bond donors (Lipinski definition) is 1. The molecule has 1 amide bonds. The Bertz CT molecular complexity index is 1830. The lowest BCUT2D eigenvalue weighted by Gasteiger charge is -2.12. The van der Waals surface area contributed by atoms with E-state index in [2.05, 4.69) is 31.4 Å². The number of esters is 1. The maximum atomic E-state index is 13.6. The number of ketones is 1. The van der Waals surface area contributed by atoms with E-state index in [9.17, 15) is 14.4 Å². The number of halogens is 2. The minimum Gasteiger partial charge on any atom is -0.465 e. The number of amides is 1. The van der Waals surface area contributed by atoms with E-state index in [-0.39, 0.29) is 31.2 Å². The van der Waals surface area contributed by atoms with Crippen LogP contribution in [0.3, 0.4) is 0 Å².